The molecule has 0 heterocycles. The number of hydrogen-bond donors (Lipinski definition) is 3. The van der Waals surface area contributed by atoms with E-state index < -0.39 is 23.8 Å². The van der Waals surface area contributed by atoms with Gasteiger partial charge in [-0.25, -0.2) is 0 Å². The molecule has 0 aliphatic carbocycles. The van der Waals surface area contributed by atoms with E-state index in [1.165, 1.54) is 0 Å². The molecule has 0 rings (SSSR count). The molecule has 17 heavy (non-hydrogen) atoms. The van der Waals surface area contributed by atoms with Gasteiger partial charge in [0.05, 0.1) is 0 Å². The van der Waals surface area contributed by atoms with Gasteiger partial charge in [-0.3, -0.25) is 14.4 Å². The second-order valence-corrected chi connectivity index (χ2v) is 3.16. The average Bonchev–Trinajstić information content (AvgIpc) is 2.13. The van der Waals surface area contributed by atoms with Gasteiger partial charge >= 0.3 is 63.3 Å². The first kappa shape index (κ1) is 22.0. The summed E-state index contributed by atoms with van der Waals surface area (Å²) in [5, 5.41) is 16.6. The van der Waals surface area contributed by atoms with E-state index in [4.69, 9.17) is 15.9 Å². The van der Waals surface area contributed by atoms with Gasteiger partial charge < -0.3 is 17.4 Å². The Balaban J connectivity index is -0.000000108. The van der Waals surface area contributed by atoms with E-state index in [9.17, 15) is 14.4 Å². The minimum Gasteiger partial charge on any atom is -1.00 e. The van der Waals surface area contributed by atoms with Crippen molar-refractivity contribution >= 4 is 17.8 Å². The molecule has 0 bridgehead atoms. The Morgan fingerprint density at radius 3 is 1.65 bits per heavy atom. The summed E-state index contributed by atoms with van der Waals surface area (Å²) in [5.74, 6) is -4.18. The molecular weight excluding hydrogens is 253 g/mol. The minimum atomic E-state index is -1.26. The predicted octanol–water partition coefficient (Wildman–Crippen LogP) is -2.26. The molecule has 0 aromatic carbocycles. The maximum absolute atomic E-state index is 10.2. The topological polar surface area (TPSA) is 118 Å². The van der Waals surface area contributed by atoms with E-state index in [2.05, 4.69) is 6.58 Å². The predicted molar refractivity (Wildman–Crippen MR) is 58.8 cm³/mol. The Kier molecular flexibility index (Phi) is 15.9. The third-order valence-electron chi connectivity index (χ3n) is 1.59. The second-order valence-electron chi connectivity index (χ2n) is 3.16. The molecule has 0 aliphatic rings. The number of carboxylic acid groups (broad SMARTS) is 2. The molecule has 0 aromatic rings. The van der Waals surface area contributed by atoms with Crippen molar-refractivity contribution < 1.29 is 77.4 Å². The van der Waals surface area contributed by atoms with Crippen LogP contribution in [0.2, 0.25) is 0 Å². The summed E-state index contributed by atoms with van der Waals surface area (Å²) in [4.78, 5) is 30.1. The molecule has 0 radical (unpaired) electrons. The van der Waals surface area contributed by atoms with Crippen LogP contribution in [0.1, 0.15) is 28.1 Å². The van der Waals surface area contributed by atoms with E-state index in [-0.39, 0.29) is 59.2 Å². The number of carboxylic acids is 2. The monoisotopic (exact) mass is 271 g/mol. The summed E-state index contributed by atoms with van der Waals surface area (Å²) in [6, 6.07) is 0. The molecule has 0 saturated heterocycles. The van der Waals surface area contributed by atoms with Crippen molar-refractivity contribution in [2.75, 3.05) is 0 Å². The maximum atomic E-state index is 10.2. The quantitative estimate of drug-likeness (QED) is 0.296. The van der Waals surface area contributed by atoms with Crippen LogP contribution in [-0.2, 0) is 14.4 Å². The first-order chi connectivity index (χ1) is 7.23. The standard InChI is InChI=1S/C6H10O4.C4H7NO.K.H/c1-2-3-4(5(7)8)6(9)10;1-3(2)4(5)6;;/h4H,2-3H2,1H3,(H,7,8)(H,9,10);1H2,2H3,(H2,5,6);;/q;;+1;-1. The molecule has 94 valence electrons. The van der Waals surface area contributed by atoms with Crippen molar-refractivity contribution in [1.29, 1.82) is 0 Å². The normalized spacial score (nSPS) is 8.41. The SMILES string of the molecule is C=C(C)C(N)=O.CCCC(C(=O)O)C(=O)O.[H-].[K+]. The van der Waals surface area contributed by atoms with Gasteiger partial charge in [0.1, 0.15) is 0 Å². The summed E-state index contributed by atoms with van der Waals surface area (Å²) in [5.41, 5.74) is 5.09. The Morgan fingerprint density at radius 1 is 1.29 bits per heavy atom. The number of hydrogen-bond acceptors (Lipinski definition) is 3. The molecule has 0 spiro atoms. The number of primary amides is 1. The van der Waals surface area contributed by atoms with E-state index in [0.29, 0.717) is 12.0 Å². The third-order valence-corrected chi connectivity index (χ3v) is 1.59. The largest absolute Gasteiger partial charge is 1.00 e. The van der Waals surface area contributed by atoms with Gasteiger partial charge in [-0.2, -0.15) is 0 Å². The number of amides is 1. The minimum absolute atomic E-state index is 0. The van der Waals surface area contributed by atoms with Gasteiger partial charge in [-0.1, -0.05) is 19.9 Å². The summed E-state index contributed by atoms with van der Waals surface area (Å²) in [6.45, 7) is 6.60. The number of carbonyl (C=O) groups excluding carboxylic acids is 1. The molecular formula is C10H18KNO5. The summed E-state index contributed by atoms with van der Waals surface area (Å²) in [7, 11) is 0. The van der Waals surface area contributed by atoms with Gasteiger partial charge in [0.25, 0.3) is 0 Å². The molecule has 1 amide bonds. The molecule has 0 aliphatic heterocycles. The summed E-state index contributed by atoms with van der Waals surface area (Å²) >= 11 is 0. The Morgan fingerprint density at radius 2 is 1.59 bits per heavy atom. The molecule has 0 unspecified atom stereocenters. The Labute approximate surface area is 144 Å². The van der Waals surface area contributed by atoms with Crippen LogP contribution in [0.5, 0.6) is 0 Å². The zero-order chi connectivity index (χ0) is 13.3. The third kappa shape index (κ3) is 13.7. The van der Waals surface area contributed by atoms with E-state index in [1.807, 2.05) is 0 Å². The van der Waals surface area contributed by atoms with Crippen LogP contribution < -0.4 is 57.1 Å². The fraction of sp³-hybridized carbons (Fsp3) is 0.500. The molecule has 0 aromatic heterocycles. The smallest absolute Gasteiger partial charge is 1.00 e. The van der Waals surface area contributed by atoms with E-state index >= 15 is 0 Å². The molecule has 0 saturated carbocycles. The number of carbonyl (C=O) groups is 3. The molecule has 6 nitrogen and oxygen atoms in total. The van der Waals surface area contributed by atoms with Crippen molar-refractivity contribution in [1.82, 2.24) is 0 Å². The van der Waals surface area contributed by atoms with Crippen LogP contribution in [0, 0.1) is 5.92 Å². The second kappa shape index (κ2) is 12.2. The van der Waals surface area contributed by atoms with Gasteiger partial charge in [-0.05, 0) is 13.3 Å². The van der Waals surface area contributed by atoms with Crippen LogP contribution >= 0.6 is 0 Å². The maximum Gasteiger partial charge on any atom is 1.00 e. The Hall–Kier alpha value is -0.214. The van der Waals surface area contributed by atoms with Crippen molar-refractivity contribution in [3.63, 3.8) is 0 Å². The van der Waals surface area contributed by atoms with Crippen LogP contribution in [-0.4, -0.2) is 28.1 Å². The summed E-state index contributed by atoms with van der Waals surface area (Å²) < 4.78 is 0. The van der Waals surface area contributed by atoms with Gasteiger partial charge in [0, 0.05) is 5.57 Å². The van der Waals surface area contributed by atoms with Crippen molar-refractivity contribution in [3.8, 4) is 0 Å². The molecule has 0 atom stereocenters. The number of aliphatic carboxylic acids is 2. The van der Waals surface area contributed by atoms with Crippen molar-refractivity contribution in [2.24, 2.45) is 11.7 Å². The first-order valence-corrected chi connectivity index (χ1v) is 4.64. The number of nitrogens with two attached hydrogens (primary N) is 1. The zero-order valence-corrected chi connectivity index (χ0v) is 13.5. The molecule has 4 N–H and O–H groups in total. The zero-order valence-electron chi connectivity index (χ0n) is 11.4. The van der Waals surface area contributed by atoms with Crippen LogP contribution in [0.4, 0.5) is 0 Å². The number of rotatable bonds is 5. The average molecular weight is 271 g/mol. The van der Waals surface area contributed by atoms with Gasteiger partial charge in [0.2, 0.25) is 5.91 Å². The van der Waals surface area contributed by atoms with Gasteiger partial charge in [-0.15, -0.1) is 0 Å². The fourth-order valence-electron chi connectivity index (χ4n) is 0.641. The van der Waals surface area contributed by atoms with Crippen molar-refractivity contribution in [2.45, 2.75) is 26.7 Å². The first-order valence-electron chi connectivity index (χ1n) is 4.64. The fourth-order valence-corrected chi connectivity index (χ4v) is 0.641. The van der Waals surface area contributed by atoms with E-state index in [0.717, 1.165) is 0 Å². The van der Waals surface area contributed by atoms with Crippen LogP contribution in [0.15, 0.2) is 12.2 Å². The Bertz CT molecular complexity index is 270. The molecule has 0 fully saturated rings. The molecule has 7 heteroatoms. The van der Waals surface area contributed by atoms with Gasteiger partial charge in [0.15, 0.2) is 5.92 Å². The van der Waals surface area contributed by atoms with Crippen LogP contribution in [0.3, 0.4) is 0 Å². The van der Waals surface area contributed by atoms with Crippen LogP contribution in [0.25, 0.3) is 0 Å². The van der Waals surface area contributed by atoms with E-state index in [1.54, 1.807) is 13.8 Å². The summed E-state index contributed by atoms with van der Waals surface area (Å²) in [6.07, 6.45) is 0.772. The van der Waals surface area contributed by atoms with Crippen molar-refractivity contribution in [3.05, 3.63) is 12.2 Å².